The normalized spacial score (nSPS) is 13.6. The van der Waals surface area contributed by atoms with Gasteiger partial charge in [-0.2, -0.15) is 0 Å². The van der Waals surface area contributed by atoms with Crippen molar-refractivity contribution in [2.45, 2.75) is 17.9 Å². The van der Waals surface area contributed by atoms with Crippen LogP contribution in [0, 0.1) is 0 Å². The fourth-order valence-electron chi connectivity index (χ4n) is 1.31. The van der Waals surface area contributed by atoms with Crippen molar-refractivity contribution in [2.24, 2.45) is 0 Å². The SMILES string of the molecule is COc1ccc(C(C)O)c(S(C)(=O)=O)c1. The lowest BCUT2D eigenvalue weighted by molar-refractivity contribution is 0.196. The van der Waals surface area contributed by atoms with E-state index >= 15 is 0 Å². The van der Waals surface area contributed by atoms with Crippen LogP contribution in [0.3, 0.4) is 0 Å². The van der Waals surface area contributed by atoms with Gasteiger partial charge in [-0.1, -0.05) is 6.07 Å². The fraction of sp³-hybridized carbons (Fsp3) is 0.400. The van der Waals surface area contributed by atoms with E-state index in [1.165, 1.54) is 20.1 Å². The van der Waals surface area contributed by atoms with Gasteiger partial charge in [-0.25, -0.2) is 8.42 Å². The Morgan fingerprint density at radius 3 is 2.40 bits per heavy atom. The Balaban J connectivity index is 3.43. The van der Waals surface area contributed by atoms with E-state index in [0.717, 1.165) is 6.26 Å². The smallest absolute Gasteiger partial charge is 0.176 e. The molecule has 1 unspecified atom stereocenters. The third kappa shape index (κ3) is 2.70. The first-order valence-electron chi connectivity index (χ1n) is 4.42. The molecule has 0 aliphatic carbocycles. The summed E-state index contributed by atoms with van der Waals surface area (Å²) in [5, 5.41) is 9.43. The van der Waals surface area contributed by atoms with Crippen LogP contribution < -0.4 is 4.74 Å². The predicted molar refractivity (Wildman–Crippen MR) is 56.7 cm³/mol. The van der Waals surface area contributed by atoms with Gasteiger partial charge in [0.15, 0.2) is 9.84 Å². The first kappa shape index (κ1) is 12.0. The summed E-state index contributed by atoms with van der Waals surface area (Å²) in [6, 6.07) is 4.59. The Hall–Kier alpha value is -1.07. The Kier molecular flexibility index (Phi) is 3.36. The van der Waals surface area contributed by atoms with Crippen LogP contribution in [-0.2, 0) is 9.84 Å². The molecule has 1 N–H and O–H groups in total. The molecule has 4 nitrogen and oxygen atoms in total. The quantitative estimate of drug-likeness (QED) is 0.846. The van der Waals surface area contributed by atoms with Crippen LogP contribution in [0.25, 0.3) is 0 Å². The van der Waals surface area contributed by atoms with E-state index in [4.69, 9.17) is 4.74 Å². The third-order valence-electron chi connectivity index (χ3n) is 2.07. The van der Waals surface area contributed by atoms with Crippen LogP contribution in [0.15, 0.2) is 23.1 Å². The maximum Gasteiger partial charge on any atom is 0.176 e. The van der Waals surface area contributed by atoms with Crippen LogP contribution in [0.5, 0.6) is 5.75 Å². The molecule has 0 spiro atoms. The molecular formula is C10H14O4S. The van der Waals surface area contributed by atoms with Crippen molar-refractivity contribution >= 4 is 9.84 Å². The predicted octanol–water partition coefficient (Wildman–Crippen LogP) is 1.15. The second-order valence-electron chi connectivity index (χ2n) is 3.35. The lowest BCUT2D eigenvalue weighted by atomic mass is 10.1. The molecule has 0 fully saturated rings. The van der Waals surface area contributed by atoms with Gasteiger partial charge in [0.05, 0.1) is 18.1 Å². The van der Waals surface area contributed by atoms with Crippen LogP contribution in [-0.4, -0.2) is 26.9 Å². The molecule has 0 aliphatic heterocycles. The Labute approximate surface area is 89.4 Å². The zero-order chi connectivity index (χ0) is 11.6. The summed E-state index contributed by atoms with van der Waals surface area (Å²) in [7, 11) is -1.89. The van der Waals surface area contributed by atoms with E-state index in [-0.39, 0.29) is 4.90 Å². The lowest BCUT2D eigenvalue weighted by Gasteiger charge is -2.11. The van der Waals surface area contributed by atoms with Crippen molar-refractivity contribution in [2.75, 3.05) is 13.4 Å². The molecule has 84 valence electrons. The van der Waals surface area contributed by atoms with Crippen molar-refractivity contribution in [3.05, 3.63) is 23.8 Å². The molecular weight excluding hydrogens is 216 g/mol. The van der Waals surface area contributed by atoms with Gasteiger partial charge in [0, 0.05) is 6.26 Å². The number of aliphatic hydroxyl groups is 1. The van der Waals surface area contributed by atoms with Crippen LogP contribution >= 0.6 is 0 Å². The van der Waals surface area contributed by atoms with Crippen molar-refractivity contribution in [3.8, 4) is 5.75 Å². The maximum absolute atomic E-state index is 11.5. The number of sulfone groups is 1. The third-order valence-corrected chi connectivity index (χ3v) is 3.22. The highest BCUT2D eigenvalue weighted by atomic mass is 32.2. The second kappa shape index (κ2) is 4.20. The lowest BCUT2D eigenvalue weighted by Crippen LogP contribution is -2.05. The molecule has 0 heterocycles. The van der Waals surface area contributed by atoms with Gasteiger partial charge in [-0.15, -0.1) is 0 Å². The van der Waals surface area contributed by atoms with Gasteiger partial charge in [0.25, 0.3) is 0 Å². The van der Waals surface area contributed by atoms with Crippen molar-refractivity contribution in [3.63, 3.8) is 0 Å². The summed E-state index contributed by atoms with van der Waals surface area (Å²) < 4.78 is 27.9. The fourth-order valence-corrected chi connectivity index (χ4v) is 2.30. The van der Waals surface area contributed by atoms with Crippen molar-refractivity contribution < 1.29 is 18.3 Å². The first-order valence-corrected chi connectivity index (χ1v) is 6.31. The molecule has 1 rings (SSSR count). The summed E-state index contributed by atoms with van der Waals surface area (Å²) in [4.78, 5) is 0.108. The molecule has 0 amide bonds. The molecule has 0 bridgehead atoms. The highest BCUT2D eigenvalue weighted by Crippen LogP contribution is 2.26. The topological polar surface area (TPSA) is 63.6 Å². The number of hydrogen-bond donors (Lipinski definition) is 1. The van der Waals surface area contributed by atoms with Crippen LogP contribution in [0.1, 0.15) is 18.6 Å². The van der Waals surface area contributed by atoms with Gasteiger partial charge in [-0.05, 0) is 24.6 Å². The molecule has 0 radical (unpaired) electrons. The highest BCUT2D eigenvalue weighted by Gasteiger charge is 2.17. The number of rotatable bonds is 3. The summed E-state index contributed by atoms with van der Waals surface area (Å²) >= 11 is 0. The number of hydrogen-bond acceptors (Lipinski definition) is 4. The summed E-state index contributed by atoms with van der Waals surface area (Å²) in [6.07, 6.45) is 0.286. The maximum atomic E-state index is 11.5. The Bertz CT molecular complexity index is 448. The monoisotopic (exact) mass is 230 g/mol. The summed E-state index contributed by atoms with van der Waals surface area (Å²) in [5.41, 5.74) is 0.387. The van der Waals surface area contributed by atoms with Gasteiger partial charge in [0.1, 0.15) is 5.75 Å². The molecule has 1 atom stereocenters. The second-order valence-corrected chi connectivity index (χ2v) is 5.34. The number of aliphatic hydroxyl groups excluding tert-OH is 1. The Morgan fingerprint density at radius 1 is 1.40 bits per heavy atom. The average molecular weight is 230 g/mol. The molecule has 0 saturated carbocycles. The largest absolute Gasteiger partial charge is 0.497 e. The molecule has 5 heteroatoms. The summed E-state index contributed by atoms with van der Waals surface area (Å²) in [5.74, 6) is 0.458. The van der Waals surface area contributed by atoms with Crippen LogP contribution in [0.4, 0.5) is 0 Å². The van der Waals surface area contributed by atoms with Gasteiger partial charge in [0.2, 0.25) is 0 Å². The van der Waals surface area contributed by atoms with E-state index in [9.17, 15) is 13.5 Å². The highest BCUT2D eigenvalue weighted by molar-refractivity contribution is 7.90. The van der Waals surface area contributed by atoms with Crippen molar-refractivity contribution in [1.29, 1.82) is 0 Å². The Morgan fingerprint density at radius 2 is 2.00 bits per heavy atom. The van der Waals surface area contributed by atoms with E-state index in [2.05, 4.69) is 0 Å². The van der Waals surface area contributed by atoms with Gasteiger partial charge < -0.3 is 9.84 Å². The first-order chi connectivity index (χ1) is 6.86. The van der Waals surface area contributed by atoms with Gasteiger partial charge in [-0.3, -0.25) is 0 Å². The molecule has 0 aliphatic rings. The molecule has 15 heavy (non-hydrogen) atoms. The van der Waals surface area contributed by atoms with Gasteiger partial charge >= 0.3 is 0 Å². The number of benzene rings is 1. The van der Waals surface area contributed by atoms with E-state index in [1.54, 1.807) is 12.1 Å². The minimum absolute atomic E-state index is 0.108. The molecule has 0 saturated heterocycles. The average Bonchev–Trinajstić information content (AvgIpc) is 2.15. The minimum Gasteiger partial charge on any atom is -0.497 e. The zero-order valence-electron chi connectivity index (χ0n) is 8.89. The van der Waals surface area contributed by atoms with Crippen LogP contribution in [0.2, 0.25) is 0 Å². The standard InChI is InChI=1S/C10H14O4S/c1-7(11)9-5-4-8(14-2)6-10(9)15(3,12)13/h4-7,11H,1-3H3. The van der Waals surface area contributed by atoms with E-state index in [0.29, 0.717) is 11.3 Å². The molecule has 1 aromatic rings. The van der Waals surface area contributed by atoms with Crippen molar-refractivity contribution in [1.82, 2.24) is 0 Å². The van der Waals surface area contributed by atoms with E-state index in [1.807, 2.05) is 0 Å². The minimum atomic E-state index is -3.35. The molecule has 0 aromatic heterocycles. The summed E-state index contributed by atoms with van der Waals surface area (Å²) in [6.45, 7) is 1.52. The zero-order valence-corrected chi connectivity index (χ0v) is 9.71. The number of methoxy groups -OCH3 is 1. The number of ether oxygens (including phenoxy) is 1. The molecule has 1 aromatic carbocycles. The van der Waals surface area contributed by atoms with E-state index < -0.39 is 15.9 Å².